The molecule has 0 aromatic heterocycles. The first-order chi connectivity index (χ1) is 6.69. The number of benzene rings is 1. The van der Waals surface area contributed by atoms with Crippen LogP contribution < -0.4 is 5.73 Å². The molecule has 3 nitrogen and oxygen atoms in total. The van der Waals surface area contributed by atoms with Gasteiger partial charge in [0.15, 0.2) is 0 Å². The van der Waals surface area contributed by atoms with Gasteiger partial charge in [-0.2, -0.15) is 10.5 Å². The smallest absolute Gasteiger partial charge is 0.100 e. The predicted molar refractivity (Wildman–Crippen MR) is 56.0 cm³/mol. The van der Waals surface area contributed by atoms with Gasteiger partial charge in [0.05, 0.1) is 18.1 Å². The van der Waals surface area contributed by atoms with Crippen LogP contribution in [0.25, 0.3) is 0 Å². The van der Waals surface area contributed by atoms with Gasteiger partial charge in [0, 0.05) is 10.5 Å². The molecule has 0 radical (unpaired) electrons. The molecule has 4 heteroatoms. The zero-order valence-corrected chi connectivity index (χ0v) is 8.95. The van der Waals surface area contributed by atoms with Gasteiger partial charge < -0.3 is 5.73 Å². The highest BCUT2D eigenvalue weighted by Crippen LogP contribution is 2.22. The summed E-state index contributed by atoms with van der Waals surface area (Å²) in [6.07, 6.45) is 0.276. The van der Waals surface area contributed by atoms with E-state index in [2.05, 4.69) is 15.9 Å². The number of hydrogen-bond donors (Lipinski definition) is 1. The van der Waals surface area contributed by atoms with Gasteiger partial charge in [-0.15, -0.1) is 0 Å². The SMILES string of the molecule is N#CCC(N)c1ccc(C#N)c(Br)c1. The molecule has 1 atom stereocenters. The summed E-state index contributed by atoms with van der Waals surface area (Å²) in [5.74, 6) is 0. The minimum atomic E-state index is -0.288. The zero-order valence-electron chi connectivity index (χ0n) is 7.37. The molecule has 0 saturated heterocycles. The Labute approximate surface area is 90.9 Å². The van der Waals surface area contributed by atoms with Crippen molar-refractivity contribution in [1.82, 2.24) is 0 Å². The first-order valence-electron chi connectivity index (χ1n) is 4.01. The largest absolute Gasteiger partial charge is 0.323 e. The summed E-state index contributed by atoms with van der Waals surface area (Å²) in [7, 11) is 0. The number of nitrogens with zero attached hydrogens (tertiary/aromatic N) is 2. The van der Waals surface area contributed by atoms with Gasteiger partial charge in [-0.3, -0.25) is 0 Å². The molecule has 14 heavy (non-hydrogen) atoms. The Morgan fingerprint density at radius 2 is 2.14 bits per heavy atom. The Hall–Kier alpha value is -1.36. The Bertz CT molecular complexity index is 414. The van der Waals surface area contributed by atoms with Crippen molar-refractivity contribution in [2.75, 3.05) is 0 Å². The standard InChI is InChI=1S/C10H8BrN3/c11-9-5-7(10(14)3-4-12)1-2-8(9)6-13/h1-2,5,10H,3,14H2. The maximum Gasteiger partial charge on any atom is 0.100 e. The molecule has 0 aliphatic rings. The minimum absolute atomic E-state index is 0.276. The molecule has 70 valence electrons. The molecule has 0 aliphatic carbocycles. The average molecular weight is 250 g/mol. The Balaban J connectivity index is 2.99. The summed E-state index contributed by atoms with van der Waals surface area (Å²) >= 11 is 3.27. The highest BCUT2D eigenvalue weighted by Gasteiger charge is 2.07. The van der Waals surface area contributed by atoms with Crippen LogP contribution in [0.3, 0.4) is 0 Å². The molecule has 2 N–H and O–H groups in total. The van der Waals surface area contributed by atoms with E-state index in [9.17, 15) is 0 Å². The minimum Gasteiger partial charge on any atom is -0.323 e. The van der Waals surface area contributed by atoms with Crippen LogP contribution in [0, 0.1) is 22.7 Å². The average Bonchev–Trinajstić information content (AvgIpc) is 2.18. The molecule has 1 rings (SSSR count). The van der Waals surface area contributed by atoms with Crippen molar-refractivity contribution in [1.29, 1.82) is 10.5 Å². The third-order valence-electron chi connectivity index (χ3n) is 1.85. The second kappa shape index (κ2) is 4.76. The molecule has 0 bridgehead atoms. The predicted octanol–water partition coefficient (Wildman–Crippen LogP) is 2.23. The van der Waals surface area contributed by atoms with Crippen LogP contribution in [0.15, 0.2) is 22.7 Å². The van der Waals surface area contributed by atoms with Crippen LogP contribution in [-0.4, -0.2) is 0 Å². The van der Waals surface area contributed by atoms with E-state index in [-0.39, 0.29) is 12.5 Å². The summed E-state index contributed by atoms with van der Waals surface area (Å²) in [5, 5.41) is 17.2. The Morgan fingerprint density at radius 3 is 2.64 bits per heavy atom. The van der Waals surface area contributed by atoms with E-state index in [0.29, 0.717) is 10.0 Å². The van der Waals surface area contributed by atoms with Crippen molar-refractivity contribution >= 4 is 15.9 Å². The van der Waals surface area contributed by atoms with Gasteiger partial charge in [-0.1, -0.05) is 6.07 Å². The van der Waals surface area contributed by atoms with E-state index >= 15 is 0 Å². The van der Waals surface area contributed by atoms with Crippen LogP contribution in [0.5, 0.6) is 0 Å². The van der Waals surface area contributed by atoms with Crippen molar-refractivity contribution in [3.63, 3.8) is 0 Å². The lowest BCUT2D eigenvalue weighted by Crippen LogP contribution is -2.09. The molecule has 0 spiro atoms. The summed E-state index contributed by atoms with van der Waals surface area (Å²) in [6, 6.07) is 9.00. The van der Waals surface area contributed by atoms with Gasteiger partial charge in [-0.25, -0.2) is 0 Å². The van der Waals surface area contributed by atoms with E-state index < -0.39 is 0 Å². The second-order valence-corrected chi connectivity index (χ2v) is 3.67. The lowest BCUT2D eigenvalue weighted by Gasteiger charge is -2.08. The summed E-state index contributed by atoms with van der Waals surface area (Å²) in [5.41, 5.74) is 7.17. The maximum absolute atomic E-state index is 8.69. The van der Waals surface area contributed by atoms with Gasteiger partial charge >= 0.3 is 0 Å². The van der Waals surface area contributed by atoms with E-state index in [1.54, 1.807) is 18.2 Å². The van der Waals surface area contributed by atoms with Crippen molar-refractivity contribution in [3.05, 3.63) is 33.8 Å². The number of rotatable bonds is 2. The zero-order chi connectivity index (χ0) is 10.6. The fraction of sp³-hybridized carbons (Fsp3) is 0.200. The van der Waals surface area contributed by atoms with E-state index in [1.165, 1.54) is 0 Å². The number of nitriles is 2. The van der Waals surface area contributed by atoms with E-state index in [0.717, 1.165) is 5.56 Å². The molecule has 0 heterocycles. The highest BCUT2D eigenvalue weighted by molar-refractivity contribution is 9.10. The van der Waals surface area contributed by atoms with Crippen molar-refractivity contribution < 1.29 is 0 Å². The molecule has 1 aromatic rings. The normalized spacial score (nSPS) is 11.4. The molecule has 0 aliphatic heterocycles. The van der Waals surface area contributed by atoms with Crippen LogP contribution >= 0.6 is 15.9 Å². The Morgan fingerprint density at radius 1 is 1.43 bits per heavy atom. The summed E-state index contributed by atoms with van der Waals surface area (Å²) in [6.45, 7) is 0. The highest BCUT2D eigenvalue weighted by atomic mass is 79.9. The molecule has 0 saturated carbocycles. The van der Waals surface area contributed by atoms with Crippen LogP contribution in [0.1, 0.15) is 23.6 Å². The van der Waals surface area contributed by atoms with E-state index in [4.69, 9.17) is 16.3 Å². The van der Waals surface area contributed by atoms with Gasteiger partial charge in [0.25, 0.3) is 0 Å². The fourth-order valence-electron chi connectivity index (χ4n) is 1.07. The third kappa shape index (κ3) is 2.32. The number of nitrogens with two attached hydrogens (primary N) is 1. The molecule has 1 aromatic carbocycles. The van der Waals surface area contributed by atoms with Crippen LogP contribution in [0.2, 0.25) is 0 Å². The van der Waals surface area contributed by atoms with Gasteiger partial charge in [-0.05, 0) is 33.6 Å². The topological polar surface area (TPSA) is 73.6 Å². The Kier molecular flexibility index (Phi) is 3.64. The second-order valence-electron chi connectivity index (χ2n) is 2.82. The summed E-state index contributed by atoms with van der Waals surface area (Å²) in [4.78, 5) is 0. The lowest BCUT2D eigenvalue weighted by atomic mass is 10.0. The maximum atomic E-state index is 8.69. The third-order valence-corrected chi connectivity index (χ3v) is 2.51. The first-order valence-corrected chi connectivity index (χ1v) is 4.80. The number of halogens is 1. The first kappa shape index (κ1) is 10.7. The molecular weight excluding hydrogens is 242 g/mol. The van der Waals surface area contributed by atoms with Crippen molar-refractivity contribution in [2.24, 2.45) is 5.73 Å². The van der Waals surface area contributed by atoms with E-state index in [1.807, 2.05) is 12.1 Å². The lowest BCUT2D eigenvalue weighted by molar-refractivity contribution is 0.748. The monoisotopic (exact) mass is 249 g/mol. The quantitative estimate of drug-likeness (QED) is 0.874. The fourth-order valence-corrected chi connectivity index (χ4v) is 1.55. The van der Waals surface area contributed by atoms with Crippen molar-refractivity contribution in [3.8, 4) is 12.1 Å². The molecular formula is C10H8BrN3. The van der Waals surface area contributed by atoms with Gasteiger partial charge in [0.2, 0.25) is 0 Å². The van der Waals surface area contributed by atoms with Crippen LogP contribution in [-0.2, 0) is 0 Å². The molecule has 0 fully saturated rings. The summed E-state index contributed by atoms with van der Waals surface area (Å²) < 4.78 is 0.714. The number of hydrogen-bond acceptors (Lipinski definition) is 3. The van der Waals surface area contributed by atoms with Crippen molar-refractivity contribution in [2.45, 2.75) is 12.5 Å². The molecule has 0 amide bonds. The van der Waals surface area contributed by atoms with Crippen LogP contribution in [0.4, 0.5) is 0 Å². The van der Waals surface area contributed by atoms with Gasteiger partial charge in [0.1, 0.15) is 6.07 Å². The molecule has 1 unspecified atom stereocenters.